The van der Waals surface area contributed by atoms with Crippen molar-refractivity contribution in [2.24, 2.45) is 0 Å². The van der Waals surface area contributed by atoms with Gasteiger partial charge in [0.15, 0.2) is 11.5 Å². The van der Waals surface area contributed by atoms with Crippen molar-refractivity contribution in [2.75, 3.05) is 20.3 Å². The lowest BCUT2D eigenvalue weighted by atomic mass is 10.0. The predicted octanol–water partition coefficient (Wildman–Crippen LogP) is 5.57. The quantitative estimate of drug-likeness (QED) is 0.294. The van der Waals surface area contributed by atoms with Crippen molar-refractivity contribution >= 4 is 27.7 Å². The van der Waals surface area contributed by atoms with Gasteiger partial charge >= 0.3 is 0 Å². The Morgan fingerprint density at radius 2 is 1.57 bits per heavy atom. The number of benzene rings is 3. The topological polar surface area (TPSA) is 67.9 Å². The van der Waals surface area contributed by atoms with E-state index in [0.29, 0.717) is 44.1 Å². The highest BCUT2D eigenvalue weighted by molar-refractivity contribution is 9.10. The Labute approximate surface area is 228 Å². The zero-order valence-corrected chi connectivity index (χ0v) is 23.3. The molecule has 196 valence electrons. The highest BCUT2D eigenvalue weighted by atomic mass is 79.9. The second-order valence-corrected chi connectivity index (χ2v) is 9.53. The van der Waals surface area contributed by atoms with E-state index in [4.69, 9.17) is 9.47 Å². The Bertz CT molecular complexity index is 1170. The molecular formula is C30H35BrN2O4. The van der Waals surface area contributed by atoms with Gasteiger partial charge in [-0.2, -0.15) is 0 Å². The van der Waals surface area contributed by atoms with Crippen LogP contribution in [0.2, 0.25) is 0 Å². The van der Waals surface area contributed by atoms with Crippen LogP contribution in [0.5, 0.6) is 11.5 Å². The number of ether oxygens (including phenoxy) is 2. The lowest BCUT2D eigenvalue weighted by Crippen LogP contribution is -2.49. The predicted molar refractivity (Wildman–Crippen MR) is 150 cm³/mol. The Morgan fingerprint density at radius 3 is 2.24 bits per heavy atom. The highest BCUT2D eigenvalue weighted by Crippen LogP contribution is 2.29. The fourth-order valence-corrected chi connectivity index (χ4v) is 4.65. The molecule has 0 radical (unpaired) electrons. The lowest BCUT2D eigenvalue weighted by Gasteiger charge is -2.31. The molecule has 0 aliphatic heterocycles. The molecule has 6 nitrogen and oxygen atoms in total. The SMILES string of the molecule is CCOc1ccc(CCC(=O)N(Cc2cccc(Br)c2)[C@H](Cc2ccccc2)C(=O)NC)cc1OCC. The molecule has 1 atom stereocenters. The number of halogens is 1. The molecule has 0 aliphatic carbocycles. The van der Waals surface area contributed by atoms with Crippen LogP contribution in [0, 0.1) is 0 Å². The normalized spacial score (nSPS) is 11.5. The van der Waals surface area contributed by atoms with E-state index in [1.54, 1.807) is 11.9 Å². The molecule has 0 bridgehead atoms. The van der Waals surface area contributed by atoms with Crippen molar-refractivity contribution in [1.82, 2.24) is 10.2 Å². The molecule has 3 aromatic carbocycles. The van der Waals surface area contributed by atoms with Gasteiger partial charge in [0.25, 0.3) is 0 Å². The van der Waals surface area contributed by atoms with Gasteiger partial charge in [0.2, 0.25) is 11.8 Å². The summed E-state index contributed by atoms with van der Waals surface area (Å²) in [5.74, 6) is 1.09. The second-order valence-electron chi connectivity index (χ2n) is 8.62. The molecule has 3 aromatic rings. The molecule has 1 N–H and O–H groups in total. The van der Waals surface area contributed by atoms with Crippen LogP contribution in [0.4, 0.5) is 0 Å². The maximum Gasteiger partial charge on any atom is 0.242 e. The number of amides is 2. The summed E-state index contributed by atoms with van der Waals surface area (Å²) in [7, 11) is 1.61. The summed E-state index contributed by atoms with van der Waals surface area (Å²) in [4.78, 5) is 28.5. The standard InChI is InChI=1S/C30H35BrN2O4/c1-4-36-27-16-14-23(20-28(27)37-5-2)15-17-29(34)33(21-24-12-9-13-25(31)18-24)26(30(35)32-3)19-22-10-7-6-8-11-22/h6-14,16,18,20,26H,4-5,15,17,19,21H2,1-3H3,(H,32,35)/t26-/m1/s1. The molecule has 0 aliphatic rings. The molecule has 37 heavy (non-hydrogen) atoms. The minimum atomic E-state index is -0.641. The number of nitrogens with zero attached hydrogens (tertiary/aromatic N) is 1. The van der Waals surface area contributed by atoms with E-state index < -0.39 is 6.04 Å². The number of hydrogen-bond acceptors (Lipinski definition) is 4. The molecule has 0 aromatic heterocycles. The van der Waals surface area contributed by atoms with Crippen molar-refractivity contribution in [2.45, 2.75) is 45.7 Å². The molecule has 0 heterocycles. The van der Waals surface area contributed by atoms with Gasteiger partial charge in [-0.3, -0.25) is 9.59 Å². The summed E-state index contributed by atoms with van der Waals surface area (Å²) >= 11 is 3.52. The van der Waals surface area contributed by atoms with Crippen LogP contribution in [0.3, 0.4) is 0 Å². The van der Waals surface area contributed by atoms with Gasteiger partial charge in [-0.05, 0) is 61.2 Å². The van der Waals surface area contributed by atoms with E-state index in [0.717, 1.165) is 21.2 Å². The minimum absolute atomic E-state index is 0.0867. The molecule has 0 saturated heterocycles. The first-order valence-corrected chi connectivity index (χ1v) is 13.4. The monoisotopic (exact) mass is 566 g/mol. The van der Waals surface area contributed by atoms with Crippen LogP contribution < -0.4 is 14.8 Å². The summed E-state index contributed by atoms with van der Waals surface area (Å²) in [5.41, 5.74) is 2.92. The number of hydrogen-bond donors (Lipinski definition) is 1. The van der Waals surface area contributed by atoms with E-state index in [2.05, 4.69) is 21.2 Å². The third kappa shape index (κ3) is 8.35. The molecule has 0 spiro atoms. The zero-order chi connectivity index (χ0) is 26.6. The minimum Gasteiger partial charge on any atom is -0.490 e. The molecule has 0 saturated carbocycles. The molecule has 3 rings (SSSR count). The third-order valence-electron chi connectivity index (χ3n) is 5.99. The van der Waals surface area contributed by atoms with Crippen LogP contribution in [0.25, 0.3) is 0 Å². The maximum atomic E-state index is 13.7. The molecule has 2 amide bonds. The van der Waals surface area contributed by atoms with E-state index >= 15 is 0 Å². The van der Waals surface area contributed by atoms with Crippen LogP contribution in [-0.2, 0) is 29.0 Å². The fourth-order valence-electron chi connectivity index (χ4n) is 4.20. The largest absolute Gasteiger partial charge is 0.490 e. The summed E-state index contributed by atoms with van der Waals surface area (Å²) < 4.78 is 12.3. The number of rotatable bonds is 13. The second kappa shape index (κ2) is 14.4. The highest BCUT2D eigenvalue weighted by Gasteiger charge is 2.29. The molecule has 0 unspecified atom stereocenters. The van der Waals surface area contributed by atoms with E-state index in [9.17, 15) is 9.59 Å². The number of aryl methyl sites for hydroxylation is 1. The lowest BCUT2D eigenvalue weighted by molar-refractivity contribution is -0.141. The summed E-state index contributed by atoms with van der Waals surface area (Å²) in [6, 6.07) is 22.7. The van der Waals surface area contributed by atoms with Gasteiger partial charge in [0.1, 0.15) is 6.04 Å². The average molecular weight is 568 g/mol. The van der Waals surface area contributed by atoms with Crippen molar-refractivity contribution in [3.05, 3.63) is 94.0 Å². The van der Waals surface area contributed by atoms with Gasteiger partial charge in [0, 0.05) is 30.9 Å². The van der Waals surface area contributed by atoms with Gasteiger partial charge < -0.3 is 19.7 Å². The van der Waals surface area contributed by atoms with E-state index in [1.807, 2.05) is 86.6 Å². The number of likely N-dealkylation sites (N-methyl/N-ethyl adjacent to an activating group) is 1. The van der Waals surface area contributed by atoms with E-state index in [1.165, 1.54) is 0 Å². The van der Waals surface area contributed by atoms with Crippen LogP contribution in [-0.4, -0.2) is 43.0 Å². The Kier molecular flexibility index (Phi) is 11.0. The van der Waals surface area contributed by atoms with Crippen molar-refractivity contribution < 1.29 is 19.1 Å². The van der Waals surface area contributed by atoms with Crippen LogP contribution in [0.1, 0.15) is 37.0 Å². The first-order valence-electron chi connectivity index (χ1n) is 12.6. The van der Waals surface area contributed by atoms with Gasteiger partial charge in [-0.15, -0.1) is 0 Å². The summed E-state index contributed by atoms with van der Waals surface area (Å²) in [6.45, 7) is 5.26. The number of nitrogens with one attached hydrogen (secondary N) is 1. The third-order valence-corrected chi connectivity index (χ3v) is 6.49. The van der Waals surface area contributed by atoms with Crippen molar-refractivity contribution in [3.63, 3.8) is 0 Å². The first kappa shape index (κ1) is 28.3. The van der Waals surface area contributed by atoms with Gasteiger partial charge in [0.05, 0.1) is 13.2 Å². The smallest absolute Gasteiger partial charge is 0.242 e. The maximum absolute atomic E-state index is 13.7. The zero-order valence-electron chi connectivity index (χ0n) is 21.7. The van der Waals surface area contributed by atoms with Gasteiger partial charge in [-0.1, -0.05) is 64.5 Å². The molecule has 7 heteroatoms. The Balaban J connectivity index is 1.86. The average Bonchev–Trinajstić information content (AvgIpc) is 2.91. The number of carbonyl (C=O) groups is 2. The van der Waals surface area contributed by atoms with Crippen molar-refractivity contribution in [1.29, 1.82) is 0 Å². The first-order chi connectivity index (χ1) is 17.9. The summed E-state index contributed by atoms with van der Waals surface area (Å²) in [6.07, 6.45) is 1.21. The fraction of sp³-hybridized carbons (Fsp3) is 0.333. The Morgan fingerprint density at radius 1 is 0.865 bits per heavy atom. The van der Waals surface area contributed by atoms with Crippen LogP contribution >= 0.6 is 15.9 Å². The Hall–Kier alpha value is -3.32. The molecule has 0 fully saturated rings. The summed E-state index contributed by atoms with van der Waals surface area (Å²) in [5, 5.41) is 2.76. The number of carbonyl (C=O) groups excluding carboxylic acids is 2. The van der Waals surface area contributed by atoms with Crippen molar-refractivity contribution in [3.8, 4) is 11.5 Å². The van der Waals surface area contributed by atoms with Gasteiger partial charge in [-0.25, -0.2) is 0 Å². The van der Waals surface area contributed by atoms with Crippen LogP contribution in [0.15, 0.2) is 77.3 Å². The molecular weight excluding hydrogens is 532 g/mol. The van der Waals surface area contributed by atoms with E-state index in [-0.39, 0.29) is 18.2 Å².